The number of anilines is 3. The molecule has 1 saturated heterocycles. The molecule has 1 aliphatic heterocycles. The van der Waals surface area contributed by atoms with Crippen LogP contribution in [0.4, 0.5) is 17.5 Å². The molecule has 1 aliphatic rings. The van der Waals surface area contributed by atoms with Crippen molar-refractivity contribution < 1.29 is 4.79 Å². The average Bonchev–Trinajstić information content (AvgIpc) is 2.76. The maximum Gasteiger partial charge on any atom is 0.227 e. The van der Waals surface area contributed by atoms with E-state index < -0.39 is 0 Å². The van der Waals surface area contributed by atoms with Gasteiger partial charge in [-0.25, -0.2) is 15.0 Å². The minimum atomic E-state index is 0.132. The first kappa shape index (κ1) is 20.1. The SMILES string of the molecule is Cc1ccnc(Nc2cc(N3CCN(C(=O)Cc4ccc(Cl)cc4)CC3)ncn2)c1. The number of pyridine rings is 1. The van der Waals surface area contributed by atoms with Crippen molar-refractivity contribution in [2.75, 3.05) is 36.4 Å². The van der Waals surface area contributed by atoms with Crippen LogP contribution in [-0.2, 0) is 11.2 Å². The van der Waals surface area contributed by atoms with E-state index in [-0.39, 0.29) is 5.91 Å². The molecular formula is C22H23ClN6O. The Bertz CT molecular complexity index is 1020. The number of piperazine rings is 1. The van der Waals surface area contributed by atoms with Crippen molar-refractivity contribution in [3.63, 3.8) is 0 Å². The van der Waals surface area contributed by atoms with Gasteiger partial charge in [0.1, 0.15) is 23.8 Å². The summed E-state index contributed by atoms with van der Waals surface area (Å²) in [6.07, 6.45) is 3.70. The summed E-state index contributed by atoms with van der Waals surface area (Å²) in [5.74, 6) is 2.41. The maximum absolute atomic E-state index is 12.6. The number of nitrogens with one attached hydrogen (secondary N) is 1. The van der Waals surface area contributed by atoms with Crippen LogP contribution in [-0.4, -0.2) is 51.9 Å². The van der Waals surface area contributed by atoms with Crippen molar-refractivity contribution in [3.05, 3.63) is 71.1 Å². The van der Waals surface area contributed by atoms with Crippen LogP contribution in [0.2, 0.25) is 5.02 Å². The quantitative estimate of drug-likeness (QED) is 0.678. The second-order valence-electron chi connectivity index (χ2n) is 7.28. The van der Waals surface area contributed by atoms with Crippen LogP contribution in [0.25, 0.3) is 0 Å². The Hall–Kier alpha value is -3.19. The minimum Gasteiger partial charge on any atom is -0.353 e. The first-order chi connectivity index (χ1) is 14.6. The van der Waals surface area contributed by atoms with E-state index in [4.69, 9.17) is 11.6 Å². The molecule has 0 bridgehead atoms. The van der Waals surface area contributed by atoms with E-state index in [2.05, 4.69) is 25.2 Å². The van der Waals surface area contributed by atoms with Crippen molar-refractivity contribution in [2.24, 2.45) is 0 Å². The molecule has 30 heavy (non-hydrogen) atoms. The number of carbonyl (C=O) groups is 1. The molecule has 8 heteroatoms. The van der Waals surface area contributed by atoms with Gasteiger partial charge >= 0.3 is 0 Å². The van der Waals surface area contributed by atoms with Crippen molar-refractivity contribution in [1.29, 1.82) is 0 Å². The second-order valence-corrected chi connectivity index (χ2v) is 7.71. The molecule has 0 saturated carbocycles. The Morgan fingerprint density at radius 2 is 1.73 bits per heavy atom. The van der Waals surface area contributed by atoms with Gasteiger partial charge in [0.15, 0.2) is 0 Å². The number of hydrogen-bond donors (Lipinski definition) is 1. The highest BCUT2D eigenvalue weighted by atomic mass is 35.5. The summed E-state index contributed by atoms with van der Waals surface area (Å²) in [5, 5.41) is 3.90. The normalized spacial score (nSPS) is 13.9. The summed E-state index contributed by atoms with van der Waals surface area (Å²) >= 11 is 5.92. The van der Waals surface area contributed by atoms with E-state index in [0.29, 0.717) is 30.4 Å². The first-order valence-electron chi connectivity index (χ1n) is 9.86. The van der Waals surface area contributed by atoms with E-state index in [1.165, 1.54) is 0 Å². The zero-order valence-corrected chi connectivity index (χ0v) is 17.5. The topological polar surface area (TPSA) is 74.2 Å². The lowest BCUT2D eigenvalue weighted by Gasteiger charge is -2.35. The fourth-order valence-electron chi connectivity index (χ4n) is 3.40. The second kappa shape index (κ2) is 9.09. The molecule has 3 aromatic rings. The highest BCUT2D eigenvalue weighted by molar-refractivity contribution is 6.30. The summed E-state index contributed by atoms with van der Waals surface area (Å²) in [4.78, 5) is 29.7. The summed E-state index contributed by atoms with van der Waals surface area (Å²) < 4.78 is 0. The fourth-order valence-corrected chi connectivity index (χ4v) is 3.52. The van der Waals surface area contributed by atoms with Crippen LogP contribution in [0.1, 0.15) is 11.1 Å². The third-order valence-electron chi connectivity index (χ3n) is 5.05. The molecule has 0 spiro atoms. The van der Waals surface area contributed by atoms with E-state index in [1.54, 1.807) is 12.5 Å². The number of carbonyl (C=O) groups excluding carboxylic acids is 1. The monoisotopic (exact) mass is 422 g/mol. The molecule has 154 valence electrons. The number of aromatic nitrogens is 3. The van der Waals surface area contributed by atoms with Gasteiger partial charge in [-0.3, -0.25) is 4.79 Å². The van der Waals surface area contributed by atoms with E-state index in [9.17, 15) is 4.79 Å². The van der Waals surface area contributed by atoms with Crippen LogP contribution in [0.5, 0.6) is 0 Å². The van der Waals surface area contributed by atoms with Crippen LogP contribution >= 0.6 is 11.6 Å². The Morgan fingerprint density at radius 3 is 2.47 bits per heavy atom. The smallest absolute Gasteiger partial charge is 0.227 e. The van der Waals surface area contributed by atoms with Crippen LogP contribution in [0.3, 0.4) is 0 Å². The highest BCUT2D eigenvalue weighted by Gasteiger charge is 2.22. The van der Waals surface area contributed by atoms with Gasteiger partial charge in [-0.2, -0.15) is 0 Å². The zero-order chi connectivity index (χ0) is 20.9. The van der Waals surface area contributed by atoms with Crippen LogP contribution < -0.4 is 10.2 Å². The lowest BCUT2D eigenvalue weighted by molar-refractivity contribution is -0.130. The number of hydrogen-bond acceptors (Lipinski definition) is 6. The van der Waals surface area contributed by atoms with Crippen molar-refractivity contribution in [3.8, 4) is 0 Å². The van der Waals surface area contributed by atoms with E-state index in [0.717, 1.165) is 35.9 Å². The van der Waals surface area contributed by atoms with Gasteiger partial charge in [0.2, 0.25) is 5.91 Å². The average molecular weight is 423 g/mol. The van der Waals surface area contributed by atoms with Gasteiger partial charge in [-0.1, -0.05) is 23.7 Å². The predicted molar refractivity (Wildman–Crippen MR) is 118 cm³/mol. The molecule has 3 heterocycles. The molecule has 1 amide bonds. The van der Waals surface area contributed by atoms with Crippen molar-refractivity contribution in [2.45, 2.75) is 13.3 Å². The molecule has 4 rings (SSSR count). The predicted octanol–water partition coefficient (Wildman–Crippen LogP) is 3.47. The molecule has 0 radical (unpaired) electrons. The zero-order valence-electron chi connectivity index (χ0n) is 16.8. The van der Waals surface area contributed by atoms with Crippen molar-refractivity contribution >= 4 is 35.0 Å². The molecular weight excluding hydrogens is 400 g/mol. The lowest BCUT2D eigenvalue weighted by atomic mass is 10.1. The van der Waals surface area contributed by atoms with Crippen molar-refractivity contribution in [1.82, 2.24) is 19.9 Å². The largest absolute Gasteiger partial charge is 0.353 e. The Labute approximate surface area is 180 Å². The van der Waals surface area contributed by atoms with Gasteiger partial charge < -0.3 is 15.1 Å². The number of nitrogens with zero attached hydrogens (tertiary/aromatic N) is 5. The molecule has 1 aromatic carbocycles. The number of amides is 1. The molecule has 1 fully saturated rings. The minimum absolute atomic E-state index is 0.132. The maximum atomic E-state index is 12.6. The summed E-state index contributed by atoms with van der Waals surface area (Å²) in [7, 11) is 0. The number of halogens is 1. The van der Waals surface area contributed by atoms with Crippen LogP contribution in [0, 0.1) is 6.92 Å². The Balaban J connectivity index is 1.34. The Morgan fingerprint density at radius 1 is 1.00 bits per heavy atom. The summed E-state index contributed by atoms with van der Waals surface area (Å²) in [5.41, 5.74) is 2.10. The highest BCUT2D eigenvalue weighted by Crippen LogP contribution is 2.19. The summed E-state index contributed by atoms with van der Waals surface area (Å²) in [6.45, 7) is 4.81. The summed E-state index contributed by atoms with van der Waals surface area (Å²) in [6, 6.07) is 13.3. The molecule has 0 atom stereocenters. The molecule has 1 N–H and O–H groups in total. The fraction of sp³-hybridized carbons (Fsp3) is 0.273. The lowest BCUT2D eigenvalue weighted by Crippen LogP contribution is -2.49. The molecule has 0 aliphatic carbocycles. The molecule has 0 unspecified atom stereocenters. The van der Waals surface area contributed by atoms with E-state index >= 15 is 0 Å². The first-order valence-corrected chi connectivity index (χ1v) is 10.2. The molecule has 7 nitrogen and oxygen atoms in total. The van der Waals surface area contributed by atoms with Gasteiger partial charge in [0.25, 0.3) is 0 Å². The van der Waals surface area contributed by atoms with Gasteiger partial charge in [-0.05, 0) is 42.3 Å². The standard InChI is InChI=1S/C22H23ClN6O/c1-16-6-7-24-19(12-16)27-20-14-21(26-15-25-20)28-8-10-29(11-9-28)22(30)13-17-2-4-18(23)5-3-17/h2-7,12,14-15H,8-11,13H2,1H3,(H,24,25,26,27). The van der Waals surface area contributed by atoms with Gasteiger partial charge in [-0.15, -0.1) is 0 Å². The Kier molecular flexibility index (Phi) is 6.09. The third kappa shape index (κ3) is 5.04. The van der Waals surface area contributed by atoms with Crippen LogP contribution in [0.15, 0.2) is 55.0 Å². The van der Waals surface area contributed by atoms with Gasteiger partial charge in [0.05, 0.1) is 6.42 Å². The number of rotatable bonds is 5. The van der Waals surface area contributed by atoms with Gasteiger partial charge in [0, 0.05) is 43.5 Å². The van der Waals surface area contributed by atoms with E-state index in [1.807, 2.05) is 54.3 Å². The number of aryl methyl sites for hydroxylation is 1. The third-order valence-corrected chi connectivity index (χ3v) is 5.30. The number of benzene rings is 1. The molecule has 2 aromatic heterocycles.